The maximum absolute atomic E-state index is 11.3. The first kappa shape index (κ1) is 12.2. The van der Waals surface area contributed by atoms with Gasteiger partial charge in [0, 0.05) is 13.1 Å². The maximum Gasteiger partial charge on any atom is 0.417 e. The monoisotopic (exact) mass is 249 g/mol. The van der Waals surface area contributed by atoms with E-state index in [4.69, 9.17) is 4.42 Å². The Bertz CT molecular complexity index is 600. The molecule has 0 aliphatic heterocycles. The van der Waals surface area contributed by atoms with Crippen molar-refractivity contribution in [2.24, 2.45) is 0 Å². The molecule has 3 N–H and O–H groups in total. The van der Waals surface area contributed by atoms with E-state index in [9.17, 15) is 9.59 Å². The minimum atomic E-state index is -0.476. The Balaban J connectivity index is 1.99. The predicted octanol–water partition coefficient (Wildman–Crippen LogP) is 1.33. The predicted molar refractivity (Wildman–Crippen MR) is 67.4 cm³/mol. The van der Waals surface area contributed by atoms with Crippen molar-refractivity contribution >= 4 is 17.1 Å². The van der Waals surface area contributed by atoms with Crippen LogP contribution in [-0.4, -0.2) is 17.6 Å². The third kappa shape index (κ3) is 2.91. The number of carbonyl (C=O) groups is 1. The molecule has 2 aromatic rings. The third-order valence-corrected chi connectivity index (χ3v) is 2.47. The highest BCUT2D eigenvalue weighted by Crippen LogP contribution is 2.11. The number of rotatable bonds is 4. The normalized spacial score (nSPS) is 10.5. The van der Waals surface area contributed by atoms with Crippen molar-refractivity contribution in [1.82, 2.24) is 15.6 Å². The van der Waals surface area contributed by atoms with E-state index < -0.39 is 5.76 Å². The van der Waals surface area contributed by atoms with Gasteiger partial charge in [-0.1, -0.05) is 13.0 Å². The lowest BCUT2D eigenvalue weighted by molar-refractivity contribution is 0.240. The number of urea groups is 1. The minimum absolute atomic E-state index is 0.197. The Morgan fingerprint density at radius 3 is 3.00 bits per heavy atom. The van der Waals surface area contributed by atoms with Crippen LogP contribution in [-0.2, 0) is 6.54 Å². The Morgan fingerprint density at radius 1 is 1.39 bits per heavy atom. The summed E-state index contributed by atoms with van der Waals surface area (Å²) in [4.78, 5) is 24.9. The third-order valence-electron chi connectivity index (χ3n) is 2.47. The number of H-pyrrole nitrogens is 1. The fourth-order valence-electron chi connectivity index (χ4n) is 1.59. The summed E-state index contributed by atoms with van der Waals surface area (Å²) in [7, 11) is 0. The van der Waals surface area contributed by atoms with Gasteiger partial charge in [0.05, 0.1) is 5.52 Å². The second kappa shape index (κ2) is 5.39. The molecule has 0 saturated carbocycles. The van der Waals surface area contributed by atoms with Gasteiger partial charge in [-0.3, -0.25) is 4.98 Å². The smallest absolute Gasteiger partial charge is 0.408 e. The van der Waals surface area contributed by atoms with Crippen LogP contribution >= 0.6 is 0 Å². The van der Waals surface area contributed by atoms with Crippen LogP contribution in [0.25, 0.3) is 11.1 Å². The van der Waals surface area contributed by atoms with E-state index in [1.165, 1.54) is 0 Å². The summed E-state index contributed by atoms with van der Waals surface area (Å²) in [5.74, 6) is -0.476. The molecule has 0 atom stereocenters. The number of nitrogens with one attached hydrogen (secondary N) is 3. The average molecular weight is 249 g/mol. The first-order valence-corrected chi connectivity index (χ1v) is 5.82. The number of aromatic amines is 1. The largest absolute Gasteiger partial charge is 0.417 e. The number of fused-ring (bicyclic) bond motifs is 1. The lowest BCUT2D eigenvalue weighted by Gasteiger charge is -2.06. The van der Waals surface area contributed by atoms with Crippen molar-refractivity contribution in [1.29, 1.82) is 0 Å². The van der Waals surface area contributed by atoms with Crippen LogP contribution in [0, 0.1) is 0 Å². The van der Waals surface area contributed by atoms with Crippen LogP contribution in [0.1, 0.15) is 18.9 Å². The molecule has 6 nitrogen and oxygen atoms in total. The maximum atomic E-state index is 11.3. The highest BCUT2D eigenvalue weighted by Gasteiger charge is 2.03. The Kier molecular flexibility index (Phi) is 3.66. The molecule has 0 unspecified atom stereocenters. The number of aromatic nitrogens is 1. The molecule has 1 aromatic carbocycles. The van der Waals surface area contributed by atoms with Crippen molar-refractivity contribution in [2.45, 2.75) is 19.9 Å². The summed E-state index contributed by atoms with van der Waals surface area (Å²) >= 11 is 0. The second-order valence-electron chi connectivity index (χ2n) is 3.95. The topological polar surface area (TPSA) is 87.1 Å². The zero-order valence-corrected chi connectivity index (χ0v) is 10.1. The summed E-state index contributed by atoms with van der Waals surface area (Å²) in [6, 6.07) is 5.09. The van der Waals surface area contributed by atoms with Crippen LogP contribution in [0.2, 0.25) is 0 Å². The van der Waals surface area contributed by atoms with Crippen molar-refractivity contribution in [3.05, 3.63) is 34.3 Å². The van der Waals surface area contributed by atoms with Crippen LogP contribution in [0.15, 0.2) is 27.4 Å². The van der Waals surface area contributed by atoms with E-state index >= 15 is 0 Å². The van der Waals surface area contributed by atoms with Crippen molar-refractivity contribution < 1.29 is 9.21 Å². The highest BCUT2D eigenvalue weighted by atomic mass is 16.4. The van der Waals surface area contributed by atoms with Gasteiger partial charge in [0.25, 0.3) is 0 Å². The molecule has 1 aromatic heterocycles. The quantitative estimate of drug-likeness (QED) is 0.764. The van der Waals surface area contributed by atoms with Gasteiger partial charge in [-0.2, -0.15) is 0 Å². The molecular weight excluding hydrogens is 234 g/mol. The molecule has 0 bridgehead atoms. The van der Waals surface area contributed by atoms with Gasteiger partial charge in [-0.25, -0.2) is 9.59 Å². The SMILES string of the molecule is CCCNC(=O)NCc1ccc2oc(=O)[nH]c2c1. The fourth-order valence-corrected chi connectivity index (χ4v) is 1.59. The van der Waals surface area contributed by atoms with Crippen LogP contribution in [0.5, 0.6) is 0 Å². The number of oxazole rings is 1. The van der Waals surface area contributed by atoms with Gasteiger partial charge in [0.2, 0.25) is 0 Å². The molecule has 0 aliphatic carbocycles. The van der Waals surface area contributed by atoms with Crippen LogP contribution in [0.3, 0.4) is 0 Å². The summed E-state index contributed by atoms with van der Waals surface area (Å²) in [5.41, 5.74) is 2.04. The lowest BCUT2D eigenvalue weighted by Crippen LogP contribution is -2.35. The number of benzene rings is 1. The van der Waals surface area contributed by atoms with E-state index in [-0.39, 0.29) is 6.03 Å². The van der Waals surface area contributed by atoms with E-state index in [0.29, 0.717) is 24.2 Å². The van der Waals surface area contributed by atoms with Gasteiger partial charge in [-0.05, 0) is 24.1 Å². The number of carbonyl (C=O) groups excluding carboxylic acids is 1. The molecule has 0 fully saturated rings. The molecular formula is C12H15N3O3. The summed E-state index contributed by atoms with van der Waals surface area (Å²) in [6.07, 6.45) is 0.898. The van der Waals surface area contributed by atoms with E-state index in [1.54, 1.807) is 18.2 Å². The molecule has 2 amide bonds. The van der Waals surface area contributed by atoms with Crippen molar-refractivity contribution in [3.63, 3.8) is 0 Å². The highest BCUT2D eigenvalue weighted by molar-refractivity contribution is 5.75. The minimum Gasteiger partial charge on any atom is -0.408 e. The zero-order chi connectivity index (χ0) is 13.0. The molecule has 96 valence electrons. The van der Waals surface area contributed by atoms with Gasteiger partial charge in [0.15, 0.2) is 5.58 Å². The molecule has 0 radical (unpaired) electrons. The summed E-state index contributed by atoms with van der Waals surface area (Å²) in [5, 5.41) is 5.45. The average Bonchev–Trinajstić information content (AvgIpc) is 2.73. The van der Waals surface area contributed by atoms with Crippen LogP contribution < -0.4 is 16.4 Å². The lowest BCUT2D eigenvalue weighted by atomic mass is 10.2. The Hall–Kier alpha value is -2.24. The van der Waals surface area contributed by atoms with E-state index in [2.05, 4.69) is 15.6 Å². The number of hydrogen-bond donors (Lipinski definition) is 3. The second-order valence-corrected chi connectivity index (χ2v) is 3.95. The van der Waals surface area contributed by atoms with E-state index in [0.717, 1.165) is 12.0 Å². The number of hydrogen-bond acceptors (Lipinski definition) is 3. The molecule has 18 heavy (non-hydrogen) atoms. The number of amides is 2. The molecule has 6 heteroatoms. The standard InChI is InChI=1S/C12H15N3O3/c1-2-5-13-11(16)14-7-8-3-4-10-9(6-8)15-12(17)18-10/h3-4,6H,2,5,7H2,1H3,(H,15,17)(H2,13,14,16). The van der Waals surface area contributed by atoms with Crippen molar-refractivity contribution in [3.8, 4) is 0 Å². The fraction of sp³-hybridized carbons (Fsp3) is 0.333. The van der Waals surface area contributed by atoms with Gasteiger partial charge in [-0.15, -0.1) is 0 Å². The van der Waals surface area contributed by atoms with Gasteiger partial charge in [0.1, 0.15) is 0 Å². The van der Waals surface area contributed by atoms with Gasteiger partial charge < -0.3 is 15.1 Å². The zero-order valence-electron chi connectivity index (χ0n) is 10.1. The molecule has 0 spiro atoms. The van der Waals surface area contributed by atoms with Crippen LogP contribution in [0.4, 0.5) is 4.79 Å². The molecule has 1 heterocycles. The van der Waals surface area contributed by atoms with E-state index in [1.807, 2.05) is 6.92 Å². The summed E-state index contributed by atoms with van der Waals surface area (Å²) < 4.78 is 4.89. The Labute approximate surface area is 103 Å². The Morgan fingerprint density at radius 2 is 2.22 bits per heavy atom. The molecule has 2 rings (SSSR count). The summed E-state index contributed by atoms with van der Waals surface area (Å²) in [6.45, 7) is 3.04. The first-order chi connectivity index (χ1) is 8.69. The van der Waals surface area contributed by atoms with Crippen molar-refractivity contribution in [2.75, 3.05) is 6.54 Å². The van der Waals surface area contributed by atoms with Gasteiger partial charge >= 0.3 is 11.8 Å². The molecule has 0 saturated heterocycles. The first-order valence-electron chi connectivity index (χ1n) is 5.82. The molecule has 0 aliphatic rings.